The Morgan fingerprint density at radius 3 is 2.76 bits per heavy atom. The molecule has 1 aliphatic carbocycles. The smallest absolute Gasteiger partial charge is 0.217 e. The van der Waals surface area contributed by atoms with Crippen LogP contribution in [-0.2, 0) is 23.0 Å². The van der Waals surface area contributed by atoms with Gasteiger partial charge in [-0.2, -0.15) is 4.31 Å². The van der Waals surface area contributed by atoms with Crippen molar-refractivity contribution in [2.75, 3.05) is 12.3 Å². The van der Waals surface area contributed by atoms with Gasteiger partial charge in [-0.1, -0.05) is 12.1 Å². The van der Waals surface area contributed by atoms with Crippen molar-refractivity contribution in [1.82, 2.24) is 4.31 Å². The highest BCUT2D eigenvalue weighted by Crippen LogP contribution is 2.34. The van der Waals surface area contributed by atoms with Gasteiger partial charge in [0.05, 0.1) is 5.25 Å². The highest BCUT2D eigenvalue weighted by atomic mass is 32.2. The molecule has 17 heavy (non-hydrogen) atoms. The second-order valence-corrected chi connectivity index (χ2v) is 7.03. The zero-order chi connectivity index (χ0) is 12.0. The lowest BCUT2D eigenvalue weighted by Crippen LogP contribution is -2.38. The van der Waals surface area contributed by atoms with Crippen molar-refractivity contribution in [3.63, 3.8) is 0 Å². The molecule has 1 fully saturated rings. The molecule has 92 valence electrons. The minimum Gasteiger partial charge on any atom is -0.398 e. The van der Waals surface area contributed by atoms with Crippen molar-refractivity contribution in [2.45, 2.75) is 31.1 Å². The predicted molar refractivity (Wildman–Crippen MR) is 66.9 cm³/mol. The number of nitrogen functional groups attached to an aromatic ring is 1. The lowest BCUT2D eigenvalue weighted by Gasteiger charge is -2.28. The summed E-state index contributed by atoms with van der Waals surface area (Å²) in [5.41, 5.74) is 8.86. The molecule has 1 aliphatic heterocycles. The number of anilines is 1. The summed E-state index contributed by atoms with van der Waals surface area (Å²) in [6.45, 7) is 1.05. The zero-order valence-electron chi connectivity index (χ0n) is 9.59. The van der Waals surface area contributed by atoms with Crippen LogP contribution in [0.15, 0.2) is 18.2 Å². The standard InChI is InChI=1S/C12H16N2O2S/c13-12-3-1-2-9-8-14(7-6-11(9)12)17(15,16)10-4-5-10/h1-3,10H,4-8,13H2. The minimum absolute atomic E-state index is 0.120. The molecule has 3 rings (SSSR count). The summed E-state index contributed by atoms with van der Waals surface area (Å²) >= 11 is 0. The molecule has 0 amide bonds. The molecule has 1 heterocycles. The van der Waals surface area contributed by atoms with Crippen molar-refractivity contribution in [2.24, 2.45) is 0 Å². The number of nitrogens with two attached hydrogens (primary N) is 1. The quantitative estimate of drug-likeness (QED) is 0.802. The number of fused-ring (bicyclic) bond motifs is 1. The van der Waals surface area contributed by atoms with Gasteiger partial charge in [0.1, 0.15) is 0 Å². The van der Waals surface area contributed by atoms with Gasteiger partial charge >= 0.3 is 0 Å². The third kappa shape index (κ3) is 1.83. The number of rotatable bonds is 2. The van der Waals surface area contributed by atoms with Crippen LogP contribution in [0.4, 0.5) is 5.69 Å². The number of hydrogen-bond donors (Lipinski definition) is 1. The van der Waals surface area contributed by atoms with Gasteiger partial charge in [0.2, 0.25) is 10.0 Å². The van der Waals surface area contributed by atoms with Crippen LogP contribution in [0.1, 0.15) is 24.0 Å². The van der Waals surface area contributed by atoms with Crippen LogP contribution in [-0.4, -0.2) is 24.5 Å². The first kappa shape index (κ1) is 11.0. The maximum absolute atomic E-state index is 12.1. The molecule has 0 saturated heterocycles. The first-order valence-electron chi connectivity index (χ1n) is 5.94. The maximum atomic E-state index is 12.1. The fourth-order valence-corrected chi connectivity index (χ4v) is 4.23. The van der Waals surface area contributed by atoms with E-state index in [1.54, 1.807) is 4.31 Å². The Kier molecular flexibility index (Phi) is 2.41. The van der Waals surface area contributed by atoms with E-state index in [1.165, 1.54) is 0 Å². The van der Waals surface area contributed by atoms with E-state index < -0.39 is 10.0 Å². The van der Waals surface area contributed by atoms with Gasteiger partial charge in [-0.15, -0.1) is 0 Å². The van der Waals surface area contributed by atoms with Crippen molar-refractivity contribution < 1.29 is 8.42 Å². The van der Waals surface area contributed by atoms with E-state index in [0.717, 1.165) is 36.1 Å². The fourth-order valence-electron chi connectivity index (χ4n) is 2.41. The van der Waals surface area contributed by atoms with Crippen molar-refractivity contribution in [1.29, 1.82) is 0 Å². The molecule has 4 nitrogen and oxygen atoms in total. The van der Waals surface area contributed by atoms with Gasteiger partial charge < -0.3 is 5.73 Å². The summed E-state index contributed by atoms with van der Waals surface area (Å²) in [7, 11) is -3.05. The summed E-state index contributed by atoms with van der Waals surface area (Å²) < 4.78 is 25.9. The minimum atomic E-state index is -3.05. The second kappa shape index (κ2) is 3.71. The van der Waals surface area contributed by atoms with Crippen LogP contribution in [0.2, 0.25) is 0 Å². The molecular weight excluding hydrogens is 236 g/mol. The van der Waals surface area contributed by atoms with E-state index in [-0.39, 0.29) is 5.25 Å². The summed E-state index contributed by atoms with van der Waals surface area (Å²) in [5, 5.41) is -0.120. The van der Waals surface area contributed by atoms with E-state index >= 15 is 0 Å². The van der Waals surface area contributed by atoms with E-state index in [9.17, 15) is 8.42 Å². The Bertz CT molecular complexity index is 550. The summed E-state index contributed by atoms with van der Waals surface area (Å²) in [5.74, 6) is 0. The molecule has 0 aromatic heterocycles. The SMILES string of the molecule is Nc1cccc2c1CCN(S(=O)(=O)C1CC1)C2. The Morgan fingerprint density at radius 2 is 2.06 bits per heavy atom. The Morgan fingerprint density at radius 1 is 1.29 bits per heavy atom. The van der Waals surface area contributed by atoms with Gasteiger partial charge in [0, 0.05) is 18.8 Å². The van der Waals surface area contributed by atoms with Crippen molar-refractivity contribution in [3.8, 4) is 0 Å². The number of benzene rings is 1. The molecule has 1 aromatic rings. The highest BCUT2D eigenvalue weighted by Gasteiger charge is 2.41. The van der Waals surface area contributed by atoms with Crippen LogP contribution in [0.25, 0.3) is 0 Å². The molecule has 1 aromatic carbocycles. The number of sulfonamides is 1. The van der Waals surface area contributed by atoms with Crippen LogP contribution in [0.5, 0.6) is 0 Å². The largest absolute Gasteiger partial charge is 0.398 e. The summed E-state index contributed by atoms with van der Waals surface area (Å²) in [6.07, 6.45) is 2.37. The number of nitrogens with zero attached hydrogens (tertiary/aromatic N) is 1. The molecular formula is C12H16N2O2S. The van der Waals surface area contributed by atoms with Gasteiger partial charge in [-0.05, 0) is 36.5 Å². The predicted octanol–water partition coefficient (Wildman–Crippen LogP) is 1.12. The summed E-state index contributed by atoms with van der Waals surface area (Å²) in [6, 6.07) is 5.74. The van der Waals surface area contributed by atoms with Gasteiger partial charge in [0.25, 0.3) is 0 Å². The average Bonchev–Trinajstić information content (AvgIpc) is 3.13. The third-order valence-corrected chi connectivity index (χ3v) is 5.92. The maximum Gasteiger partial charge on any atom is 0.217 e. The average molecular weight is 252 g/mol. The van der Waals surface area contributed by atoms with E-state index in [4.69, 9.17) is 5.73 Å². The van der Waals surface area contributed by atoms with Crippen LogP contribution < -0.4 is 5.73 Å². The van der Waals surface area contributed by atoms with Crippen molar-refractivity contribution in [3.05, 3.63) is 29.3 Å². The topological polar surface area (TPSA) is 63.4 Å². The lowest BCUT2D eigenvalue weighted by atomic mass is 9.99. The van der Waals surface area contributed by atoms with Gasteiger partial charge in [0.15, 0.2) is 0 Å². The Labute approximate surface area is 101 Å². The lowest BCUT2D eigenvalue weighted by molar-refractivity contribution is 0.391. The van der Waals surface area contributed by atoms with Crippen LogP contribution in [0.3, 0.4) is 0 Å². The number of hydrogen-bond acceptors (Lipinski definition) is 3. The van der Waals surface area contributed by atoms with Gasteiger partial charge in [-0.25, -0.2) is 8.42 Å². The molecule has 2 N–H and O–H groups in total. The van der Waals surface area contributed by atoms with Gasteiger partial charge in [-0.3, -0.25) is 0 Å². The molecule has 0 radical (unpaired) electrons. The van der Waals surface area contributed by atoms with Crippen molar-refractivity contribution >= 4 is 15.7 Å². The molecule has 2 aliphatic rings. The van der Waals surface area contributed by atoms with Crippen LogP contribution >= 0.6 is 0 Å². The fraction of sp³-hybridized carbons (Fsp3) is 0.500. The normalized spacial score (nSPS) is 21.2. The molecule has 0 atom stereocenters. The Hall–Kier alpha value is -1.07. The molecule has 0 bridgehead atoms. The molecule has 0 unspecified atom stereocenters. The molecule has 5 heteroatoms. The first-order valence-corrected chi connectivity index (χ1v) is 7.44. The third-order valence-electron chi connectivity index (χ3n) is 3.57. The van der Waals surface area contributed by atoms with E-state index in [1.807, 2.05) is 18.2 Å². The van der Waals surface area contributed by atoms with Crippen LogP contribution in [0, 0.1) is 0 Å². The highest BCUT2D eigenvalue weighted by molar-refractivity contribution is 7.90. The summed E-state index contributed by atoms with van der Waals surface area (Å²) in [4.78, 5) is 0. The zero-order valence-corrected chi connectivity index (χ0v) is 10.4. The second-order valence-electron chi connectivity index (χ2n) is 4.81. The van der Waals surface area contributed by atoms with E-state index in [2.05, 4.69) is 0 Å². The Balaban J connectivity index is 1.90. The molecule has 0 spiro atoms. The first-order chi connectivity index (χ1) is 8.09. The molecule has 1 saturated carbocycles. The monoisotopic (exact) mass is 252 g/mol. The van der Waals surface area contributed by atoms with E-state index in [0.29, 0.717) is 13.1 Å².